The van der Waals surface area contributed by atoms with Crippen LogP contribution in [-0.4, -0.2) is 24.1 Å². The number of halogens is 3. The zero-order valence-corrected chi connectivity index (χ0v) is 8.86. The summed E-state index contributed by atoms with van der Waals surface area (Å²) in [6.45, 7) is 0. The summed E-state index contributed by atoms with van der Waals surface area (Å²) < 4.78 is 60.9. The standard InChI is InChI=1S/C8H7F3O5S/c9-8(10,11)17(14,15)16-6-3-1-2-5(4-6)7(12)13/h1-4,7,12-13H. The van der Waals surface area contributed by atoms with E-state index in [4.69, 9.17) is 10.2 Å². The molecule has 5 nitrogen and oxygen atoms in total. The molecule has 0 spiro atoms. The quantitative estimate of drug-likeness (QED) is 0.485. The molecule has 1 rings (SSSR count). The van der Waals surface area contributed by atoms with Crippen LogP contribution in [0.15, 0.2) is 24.3 Å². The highest BCUT2D eigenvalue weighted by Gasteiger charge is 2.48. The first kappa shape index (κ1) is 13.7. The number of alkyl halides is 3. The highest BCUT2D eigenvalue weighted by atomic mass is 32.2. The Balaban J connectivity index is 3.01. The Bertz CT molecular complexity index is 494. The minimum Gasteiger partial charge on any atom is -0.376 e. The zero-order valence-electron chi connectivity index (χ0n) is 8.05. The van der Waals surface area contributed by atoms with Gasteiger partial charge in [0.2, 0.25) is 0 Å². The highest BCUT2D eigenvalue weighted by Crippen LogP contribution is 2.27. The molecule has 0 saturated heterocycles. The van der Waals surface area contributed by atoms with E-state index in [9.17, 15) is 21.6 Å². The average molecular weight is 272 g/mol. The Kier molecular flexibility index (Phi) is 3.65. The second kappa shape index (κ2) is 4.51. The molecule has 1 aromatic carbocycles. The summed E-state index contributed by atoms with van der Waals surface area (Å²) in [6, 6.07) is 4.01. The second-order valence-corrected chi connectivity index (χ2v) is 4.47. The zero-order chi connectivity index (χ0) is 13.3. The van der Waals surface area contributed by atoms with Gasteiger partial charge in [0.1, 0.15) is 5.75 Å². The average Bonchev–Trinajstić information content (AvgIpc) is 2.15. The molecule has 0 aromatic heterocycles. The van der Waals surface area contributed by atoms with Crippen LogP contribution in [0.1, 0.15) is 11.9 Å². The molecule has 0 atom stereocenters. The summed E-state index contributed by atoms with van der Waals surface area (Å²) in [7, 11) is -5.76. The fourth-order valence-electron chi connectivity index (χ4n) is 0.901. The summed E-state index contributed by atoms with van der Waals surface area (Å²) in [5.74, 6) is -0.659. The lowest BCUT2D eigenvalue weighted by Crippen LogP contribution is -2.28. The van der Waals surface area contributed by atoms with E-state index in [-0.39, 0.29) is 5.56 Å². The second-order valence-electron chi connectivity index (χ2n) is 2.93. The van der Waals surface area contributed by atoms with Crippen molar-refractivity contribution in [2.24, 2.45) is 0 Å². The lowest BCUT2D eigenvalue weighted by Gasteiger charge is -2.10. The van der Waals surface area contributed by atoms with Gasteiger partial charge in [0.15, 0.2) is 6.29 Å². The molecule has 0 unspecified atom stereocenters. The monoisotopic (exact) mass is 272 g/mol. The van der Waals surface area contributed by atoms with Gasteiger partial charge in [0.25, 0.3) is 0 Å². The van der Waals surface area contributed by atoms with Gasteiger partial charge < -0.3 is 14.4 Å². The molecule has 0 heterocycles. The van der Waals surface area contributed by atoms with Crippen molar-refractivity contribution in [3.8, 4) is 5.75 Å². The van der Waals surface area contributed by atoms with E-state index in [2.05, 4.69) is 4.18 Å². The fourth-order valence-corrected chi connectivity index (χ4v) is 1.35. The smallest absolute Gasteiger partial charge is 0.376 e. The molecule has 0 radical (unpaired) electrons. The van der Waals surface area contributed by atoms with E-state index in [0.29, 0.717) is 0 Å². The van der Waals surface area contributed by atoms with Crippen molar-refractivity contribution in [2.45, 2.75) is 11.8 Å². The van der Waals surface area contributed by atoms with E-state index < -0.39 is 27.7 Å². The van der Waals surface area contributed by atoms with Crippen LogP contribution in [0.2, 0.25) is 0 Å². The van der Waals surface area contributed by atoms with E-state index in [1.54, 1.807) is 0 Å². The SMILES string of the molecule is O=S(=O)(Oc1cccc(C(O)O)c1)C(F)(F)F. The molecule has 17 heavy (non-hydrogen) atoms. The molecule has 0 aliphatic rings. The fraction of sp³-hybridized carbons (Fsp3) is 0.250. The van der Waals surface area contributed by atoms with Gasteiger partial charge in [-0.1, -0.05) is 12.1 Å². The highest BCUT2D eigenvalue weighted by molar-refractivity contribution is 7.87. The number of aliphatic hydroxyl groups is 2. The largest absolute Gasteiger partial charge is 0.534 e. The Morgan fingerprint density at radius 3 is 2.29 bits per heavy atom. The Morgan fingerprint density at radius 1 is 1.24 bits per heavy atom. The van der Waals surface area contributed by atoms with Crippen LogP contribution in [0.5, 0.6) is 5.75 Å². The van der Waals surface area contributed by atoms with Gasteiger partial charge >= 0.3 is 15.6 Å². The Labute approximate surface area is 94.2 Å². The molecule has 0 saturated carbocycles. The van der Waals surface area contributed by atoms with Crippen molar-refractivity contribution in [3.63, 3.8) is 0 Å². The van der Waals surface area contributed by atoms with Crippen LogP contribution in [0.4, 0.5) is 13.2 Å². The first-order valence-electron chi connectivity index (χ1n) is 4.10. The third-order valence-corrected chi connectivity index (χ3v) is 2.62. The molecule has 9 heteroatoms. The van der Waals surface area contributed by atoms with Crippen LogP contribution in [0, 0.1) is 0 Å². The first-order valence-corrected chi connectivity index (χ1v) is 5.51. The maximum atomic E-state index is 12.0. The number of rotatable bonds is 3. The minimum absolute atomic E-state index is 0.195. The lowest BCUT2D eigenvalue weighted by atomic mass is 10.2. The van der Waals surface area contributed by atoms with Gasteiger partial charge in [-0.3, -0.25) is 0 Å². The van der Waals surface area contributed by atoms with Crippen molar-refractivity contribution in [2.75, 3.05) is 0 Å². The third kappa shape index (κ3) is 3.32. The molecule has 0 aliphatic carbocycles. The van der Waals surface area contributed by atoms with Crippen molar-refractivity contribution in [1.29, 1.82) is 0 Å². The number of aliphatic hydroxyl groups excluding tert-OH is 1. The van der Waals surface area contributed by atoms with E-state index in [1.165, 1.54) is 6.07 Å². The Morgan fingerprint density at radius 2 is 1.82 bits per heavy atom. The summed E-state index contributed by atoms with van der Waals surface area (Å²) in [5.41, 5.74) is -5.74. The van der Waals surface area contributed by atoms with Crippen LogP contribution in [0.25, 0.3) is 0 Å². The van der Waals surface area contributed by atoms with Crippen molar-refractivity contribution >= 4 is 10.1 Å². The number of hydrogen-bond acceptors (Lipinski definition) is 5. The van der Waals surface area contributed by atoms with Crippen molar-refractivity contribution in [1.82, 2.24) is 0 Å². The van der Waals surface area contributed by atoms with Gasteiger partial charge in [0, 0.05) is 5.56 Å². The van der Waals surface area contributed by atoms with Gasteiger partial charge in [-0.2, -0.15) is 21.6 Å². The first-order chi connectivity index (χ1) is 7.63. The summed E-state index contributed by atoms with van der Waals surface area (Å²) >= 11 is 0. The van der Waals surface area contributed by atoms with Crippen molar-refractivity contribution < 1.29 is 36.0 Å². The van der Waals surface area contributed by atoms with Crippen LogP contribution in [-0.2, 0) is 10.1 Å². The van der Waals surface area contributed by atoms with Crippen LogP contribution < -0.4 is 4.18 Å². The molecule has 0 amide bonds. The Hall–Kier alpha value is -1.32. The summed E-state index contributed by atoms with van der Waals surface area (Å²) in [5, 5.41) is 17.5. The molecule has 0 aliphatic heterocycles. The lowest BCUT2D eigenvalue weighted by molar-refractivity contribution is -0.0500. The molecule has 0 fully saturated rings. The van der Waals surface area contributed by atoms with E-state index >= 15 is 0 Å². The molecule has 96 valence electrons. The minimum atomic E-state index is -5.76. The molecule has 2 N–H and O–H groups in total. The van der Waals surface area contributed by atoms with E-state index in [1.807, 2.05) is 0 Å². The van der Waals surface area contributed by atoms with Crippen molar-refractivity contribution in [3.05, 3.63) is 29.8 Å². The van der Waals surface area contributed by atoms with Gasteiger partial charge in [-0.15, -0.1) is 0 Å². The third-order valence-electron chi connectivity index (χ3n) is 1.65. The van der Waals surface area contributed by atoms with Gasteiger partial charge in [-0.25, -0.2) is 0 Å². The van der Waals surface area contributed by atoms with Gasteiger partial charge in [-0.05, 0) is 12.1 Å². The predicted octanol–water partition coefficient (Wildman–Crippen LogP) is 0.898. The molecular weight excluding hydrogens is 265 g/mol. The van der Waals surface area contributed by atoms with Gasteiger partial charge in [0.05, 0.1) is 0 Å². The number of hydrogen-bond donors (Lipinski definition) is 2. The van der Waals surface area contributed by atoms with Crippen LogP contribution >= 0.6 is 0 Å². The van der Waals surface area contributed by atoms with Crippen LogP contribution in [0.3, 0.4) is 0 Å². The van der Waals surface area contributed by atoms with E-state index in [0.717, 1.165) is 18.2 Å². The number of benzene rings is 1. The predicted molar refractivity (Wildman–Crippen MR) is 49.2 cm³/mol. The molecular formula is C8H7F3O5S. The summed E-state index contributed by atoms with van der Waals surface area (Å²) in [4.78, 5) is 0. The molecule has 0 bridgehead atoms. The topological polar surface area (TPSA) is 83.8 Å². The maximum absolute atomic E-state index is 12.0. The summed E-state index contributed by atoms with van der Waals surface area (Å²) in [6.07, 6.45) is -1.94. The molecule has 1 aromatic rings. The normalized spacial score (nSPS) is 12.8. The maximum Gasteiger partial charge on any atom is 0.534 e.